The van der Waals surface area contributed by atoms with Gasteiger partial charge in [0.15, 0.2) is 0 Å². The zero-order valence-electron chi connectivity index (χ0n) is 8.49. The van der Waals surface area contributed by atoms with Crippen LogP contribution in [0.4, 0.5) is 5.69 Å². The van der Waals surface area contributed by atoms with Crippen LogP contribution in [0.2, 0.25) is 0 Å². The van der Waals surface area contributed by atoms with Gasteiger partial charge in [-0.05, 0) is 45.0 Å². The van der Waals surface area contributed by atoms with Gasteiger partial charge in [-0.1, -0.05) is 0 Å². The summed E-state index contributed by atoms with van der Waals surface area (Å²) in [7, 11) is 0. The molecular formula is C11H17NO. The van der Waals surface area contributed by atoms with E-state index < -0.39 is 0 Å². The molecule has 1 aromatic carbocycles. The summed E-state index contributed by atoms with van der Waals surface area (Å²) in [6.45, 7) is 7.45. The molecule has 1 aromatic rings. The van der Waals surface area contributed by atoms with E-state index in [9.17, 15) is 0 Å². The van der Waals surface area contributed by atoms with E-state index in [1.807, 2.05) is 12.1 Å². The summed E-state index contributed by atoms with van der Waals surface area (Å²) < 4.78 is 0. The molecule has 2 heteroatoms. The second-order valence-electron chi connectivity index (χ2n) is 3.40. The fourth-order valence-electron chi connectivity index (χ4n) is 1.49. The molecule has 0 bridgehead atoms. The monoisotopic (exact) mass is 179 g/mol. The molecule has 2 nitrogen and oxygen atoms in total. The van der Waals surface area contributed by atoms with E-state index in [0.29, 0.717) is 11.8 Å². The average molecular weight is 179 g/mol. The standard InChI is InChI=1S/C11H17NO/c1-4-12(9(2)3)10-5-7-11(13)8-6-10/h5-9,13H,4H2,1-3H3. The Hall–Kier alpha value is -1.18. The third-order valence-electron chi connectivity index (χ3n) is 2.15. The highest BCUT2D eigenvalue weighted by molar-refractivity contribution is 5.49. The maximum Gasteiger partial charge on any atom is 0.115 e. The molecule has 0 aromatic heterocycles. The van der Waals surface area contributed by atoms with Crippen molar-refractivity contribution in [1.29, 1.82) is 0 Å². The van der Waals surface area contributed by atoms with E-state index in [1.165, 1.54) is 0 Å². The minimum Gasteiger partial charge on any atom is -0.508 e. The summed E-state index contributed by atoms with van der Waals surface area (Å²) in [5.41, 5.74) is 1.16. The number of hydrogen-bond donors (Lipinski definition) is 1. The summed E-state index contributed by atoms with van der Waals surface area (Å²) >= 11 is 0. The van der Waals surface area contributed by atoms with Gasteiger partial charge < -0.3 is 10.0 Å². The number of phenolic OH excluding ortho intramolecular Hbond substituents is 1. The van der Waals surface area contributed by atoms with Gasteiger partial charge in [-0.2, -0.15) is 0 Å². The minimum absolute atomic E-state index is 0.323. The Morgan fingerprint density at radius 3 is 2.15 bits per heavy atom. The number of aromatic hydroxyl groups is 1. The van der Waals surface area contributed by atoms with Gasteiger partial charge in [0.05, 0.1) is 0 Å². The van der Waals surface area contributed by atoms with Crippen LogP contribution in [0.3, 0.4) is 0 Å². The molecule has 0 heterocycles. The fraction of sp³-hybridized carbons (Fsp3) is 0.455. The topological polar surface area (TPSA) is 23.5 Å². The third-order valence-corrected chi connectivity index (χ3v) is 2.15. The average Bonchev–Trinajstić information content (AvgIpc) is 2.09. The molecule has 1 rings (SSSR count). The van der Waals surface area contributed by atoms with Crippen molar-refractivity contribution in [3.8, 4) is 5.75 Å². The lowest BCUT2D eigenvalue weighted by atomic mass is 10.2. The molecule has 0 amide bonds. The third kappa shape index (κ3) is 2.38. The molecule has 0 saturated heterocycles. The van der Waals surface area contributed by atoms with Crippen molar-refractivity contribution in [3.05, 3.63) is 24.3 Å². The summed E-state index contributed by atoms with van der Waals surface area (Å²) in [6.07, 6.45) is 0. The van der Waals surface area contributed by atoms with Gasteiger partial charge >= 0.3 is 0 Å². The highest BCUT2D eigenvalue weighted by Gasteiger charge is 2.06. The van der Waals surface area contributed by atoms with Crippen LogP contribution >= 0.6 is 0 Å². The van der Waals surface area contributed by atoms with Crippen LogP contribution in [-0.4, -0.2) is 17.7 Å². The molecule has 0 radical (unpaired) electrons. The number of benzene rings is 1. The number of nitrogens with zero attached hydrogens (tertiary/aromatic N) is 1. The van der Waals surface area contributed by atoms with Gasteiger partial charge in [0.1, 0.15) is 5.75 Å². The molecule has 0 aliphatic carbocycles. The molecule has 0 fully saturated rings. The van der Waals surface area contributed by atoms with E-state index in [1.54, 1.807) is 12.1 Å². The predicted molar refractivity (Wildman–Crippen MR) is 56.3 cm³/mol. The second kappa shape index (κ2) is 4.17. The van der Waals surface area contributed by atoms with Crippen molar-refractivity contribution in [2.75, 3.05) is 11.4 Å². The first kappa shape index (κ1) is 9.90. The smallest absolute Gasteiger partial charge is 0.115 e. The van der Waals surface area contributed by atoms with Gasteiger partial charge in [-0.15, -0.1) is 0 Å². The van der Waals surface area contributed by atoms with Crippen LogP contribution in [0, 0.1) is 0 Å². The number of phenols is 1. The molecule has 0 spiro atoms. The molecule has 0 unspecified atom stereocenters. The van der Waals surface area contributed by atoms with Crippen LogP contribution in [-0.2, 0) is 0 Å². The Morgan fingerprint density at radius 2 is 1.77 bits per heavy atom. The van der Waals surface area contributed by atoms with Crippen molar-refractivity contribution in [2.24, 2.45) is 0 Å². The number of hydrogen-bond acceptors (Lipinski definition) is 2. The van der Waals surface area contributed by atoms with E-state index >= 15 is 0 Å². The van der Waals surface area contributed by atoms with Gasteiger partial charge in [-0.25, -0.2) is 0 Å². The largest absolute Gasteiger partial charge is 0.508 e. The Kier molecular flexibility index (Phi) is 3.18. The molecule has 0 saturated carbocycles. The van der Waals surface area contributed by atoms with Crippen molar-refractivity contribution in [1.82, 2.24) is 0 Å². The van der Waals surface area contributed by atoms with E-state index in [4.69, 9.17) is 5.11 Å². The molecule has 72 valence electrons. The highest BCUT2D eigenvalue weighted by atomic mass is 16.3. The van der Waals surface area contributed by atoms with Crippen LogP contribution in [0.5, 0.6) is 5.75 Å². The van der Waals surface area contributed by atoms with Gasteiger partial charge in [0.2, 0.25) is 0 Å². The first-order valence-electron chi connectivity index (χ1n) is 4.70. The minimum atomic E-state index is 0.323. The Morgan fingerprint density at radius 1 is 1.23 bits per heavy atom. The summed E-state index contributed by atoms with van der Waals surface area (Å²) in [5, 5.41) is 9.13. The lowest BCUT2D eigenvalue weighted by Gasteiger charge is -2.27. The summed E-state index contributed by atoms with van der Waals surface area (Å²) in [5.74, 6) is 0.323. The lowest BCUT2D eigenvalue weighted by molar-refractivity contribution is 0.475. The molecule has 0 aliphatic heterocycles. The number of anilines is 1. The Balaban J connectivity index is 2.86. The van der Waals surface area contributed by atoms with Gasteiger partial charge in [-0.3, -0.25) is 0 Å². The first-order chi connectivity index (χ1) is 6.15. The van der Waals surface area contributed by atoms with Crippen LogP contribution in [0.15, 0.2) is 24.3 Å². The van der Waals surface area contributed by atoms with Crippen molar-refractivity contribution < 1.29 is 5.11 Å². The quantitative estimate of drug-likeness (QED) is 0.771. The summed E-state index contributed by atoms with van der Waals surface area (Å²) in [6, 6.07) is 7.83. The van der Waals surface area contributed by atoms with E-state index in [-0.39, 0.29) is 0 Å². The molecule has 0 atom stereocenters. The van der Waals surface area contributed by atoms with Crippen molar-refractivity contribution in [2.45, 2.75) is 26.8 Å². The zero-order valence-corrected chi connectivity index (χ0v) is 8.49. The highest BCUT2D eigenvalue weighted by Crippen LogP contribution is 2.19. The Labute approximate surface area is 79.8 Å². The van der Waals surface area contributed by atoms with E-state index in [2.05, 4.69) is 25.7 Å². The second-order valence-corrected chi connectivity index (χ2v) is 3.40. The SMILES string of the molecule is CCN(c1ccc(O)cc1)C(C)C. The lowest BCUT2D eigenvalue weighted by Crippen LogP contribution is -2.30. The van der Waals surface area contributed by atoms with Gasteiger partial charge in [0.25, 0.3) is 0 Å². The van der Waals surface area contributed by atoms with E-state index in [0.717, 1.165) is 12.2 Å². The molecular weight excluding hydrogens is 162 g/mol. The first-order valence-corrected chi connectivity index (χ1v) is 4.70. The normalized spacial score (nSPS) is 10.5. The van der Waals surface area contributed by atoms with Crippen LogP contribution in [0.25, 0.3) is 0 Å². The van der Waals surface area contributed by atoms with Crippen molar-refractivity contribution >= 4 is 5.69 Å². The van der Waals surface area contributed by atoms with Crippen molar-refractivity contribution in [3.63, 3.8) is 0 Å². The Bertz CT molecular complexity index is 253. The molecule has 13 heavy (non-hydrogen) atoms. The molecule has 0 aliphatic rings. The van der Waals surface area contributed by atoms with Crippen LogP contribution in [0.1, 0.15) is 20.8 Å². The fourth-order valence-corrected chi connectivity index (χ4v) is 1.49. The summed E-state index contributed by atoms with van der Waals surface area (Å²) in [4.78, 5) is 2.28. The van der Waals surface area contributed by atoms with Crippen LogP contribution < -0.4 is 4.90 Å². The maximum absolute atomic E-state index is 9.13. The zero-order chi connectivity index (χ0) is 9.84. The van der Waals surface area contributed by atoms with Gasteiger partial charge in [0, 0.05) is 18.3 Å². The maximum atomic E-state index is 9.13. The molecule has 1 N–H and O–H groups in total. The number of rotatable bonds is 3. The predicted octanol–water partition coefficient (Wildman–Crippen LogP) is 2.63.